The van der Waals surface area contributed by atoms with Crippen molar-refractivity contribution in [3.63, 3.8) is 0 Å². The number of amides is 1. The number of ether oxygens (including phenoxy) is 1. The highest BCUT2D eigenvalue weighted by Gasteiger charge is 2.31. The summed E-state index contributed by atoms with van der Waals surface area (Å²) < 4.78 is 47.6. The van der Waals surface area contributed by atoms with Crippen LogP contribution in [0.2, 0.25) is 0 Å². The van der Waals surface area contributed by atoms with Gasteiger partial charge in [0, 0.05) is 29.4 Å². The predicted molar refractivity (Wildman–Crippen MR) is 121 cm³/mol. The molecule has 0 unspecified atom stereocenters. The Bertz CT molecular complexity index is 1480. The van der Waals surface area contributed by atoms with Crippen LogP contribution in [0.4, 0.5) is 13.2 Å². The zero-order valence-corrected chi connectivity index (χ0v) is 18.1. The Morgan fingerprint density at radius 3 is 2.35 bits per heavy atom. The van der Waals surface area contributed by atoms with Crippen molar-refractivity contribution in [1.82, 2.24) is 9.88 Å². The summed E-state index contributed by atoms with van der Waals surface area (Å²) in [5, 5.41) is 0.236. The number of H-pyrrole nitrogens is 1. The minimum atomic E-state index is -1.12. The van der Waals surface area contributed by atoms with E-state index in [1.54, 1.807) is 49.5 Å². The van der Waals surface area contributed by atoms with Crippen LogP contribution in [0.3, 0.4) is 0 Å². The van der Waals surface area contributed by atoms with Crippen molar-refractivity contribution in [2.75, 3.05) is 13.7 Å². The summed E-state index contributed by atoms with van der Waals surface area (Å²) in [7, 11) is 1.58. The number of hydrogen-bond donors (Lipinski definition) is 1. The summed E-state index contributed by atoms with van der Waals surface area (Å²) in [6.07, 6.45) is 0. The number of rotatable bonds is 3. The van der Waals surface area contributed by atoms with Gasteiger partial charge in [-0.3, -0.25) is 9.59 Å². The Balaban J connectivity index is 1.52. The topological polar surface area (TPSA) is 62.4 Å². The van der Waals surface area contributed by atoms with Crippen molar-refractivity contribution in [2.24, 2.45) is 0 Å². The van der Waals surface area contributed by atoms with Gasteiger partial charge < -0.3 is 14.6 Å². The lowest BCUT2D eigenvalue weighted by Gasteiger charge is -2.34. The molecule has 3 aromatic carbocycles. The highest BCUT2D eigenvalue weighted by atomic mass is 19.2. The van der Waals surface area contributed by atoms with Crippen molar-refractivity contribution < 1.29 is 22.7 Å². The predicted octanol–water partition coefficient (Wildman–Crippen LogP) is 4.96. The van der Waals surface area contributed by atoms with Crippen LogP contribution in [0, 0.1) is 17.5 Å². The molecule has 0 saturated carbocycles. The third-order valence-corrected chi connectivity index (χ3v) is 6.14. The highest BCUT2D eigenvalue weighted by Crippen LogP contribution is 2.34. The molecule has 8 heteroatoms. The summed E-state index contributed by atoms with van der Waals surface area (Å²) in [6, 6.07) is 14.1. The summed E-state index contributed by atoms with van der Waals surface area (Å²) in [6.45, 7) is 0.193. The molecular weight excluding hydrogens is 445 g/mol. The highest BCUT2D eigenvalue weighted by molar-refractivity contribution is 5.95. The van der Waals surface area contributed by atoms with Crippen LogP contribution in [0.1, 0.15) is 27.7 Å². The number of pyridine rings is 1. The van der Waals surface area contributed by atoms with E-state index < -0.39 is 23.2 Å². The van der Waals surface area contributed by atoms with E-state index in [2.05, 4.69) is 4.98 Å². The molecule has 1 N–H and O–H groups in total. The Labute approximate surface area is 192 Å². The van der Waals surface area contributed by atoms with Crippen LogP contribution in [0.25, 0.3) is 21.9 Å². The van der Waals surface area contributed by atoms with Crippen LogP contribution < -0.4 is 5.56 Å². The van der Waals surface area contributed by atoms with E-state index >= 15 is 0 Å². The molecule has 1 aliphatic rings. The molecule has 4 aromatic rings. The number of halogens is 3. The van der Waals surface area contributed by atoms with E-state index in [9.17, 15) is 22.8 Å². The van der Waals surface area contributed by atoms with Gasteiger partial charge in [-0.2, -0.15) is 0 Å². The standard InChI is InChI=1S/C26H19F3N2O3/c1-31(26(33)15-8-6-14(7-9-15)16-4-2-3-5-19(16)27)23-13-34-12-22-24(23)17-10-20(28)21(29)11-18(17)25(32)30-22/h2-11,23H,12-13H2,1H3,(H,30,32)/t23-/m0/s1. The maximum absolute atomic E-state index is 14.1. The Hall–Kier alpha value is -3.91. The molecule has 0 bridgehead atoms. The first-order valence-corrected chi connectivity index (χ1v) is 10.6. The van der Waals surface area contributed by atoms with Gasteiger partial charge in [-0.25, -0.2) is 13.2 Å². The summed E-state index contributed by atoms with van der Waals surface area (Å²) >= 11 is 0. The molecule has 5 nitrogen and oxygen atoms in total. The molecular formula is C26H19F3N2O3. The minimum absolute atomic E-state index is 0.000334. The van der Waals surface area contributed by atoms with E-state index in [4.69, 9.17) is 4.74 Å². The molecule has 1 aromatic heterocycles. The van der Waals surface area contributed by atoms with Crippen LogP contribution in [0.5, 0.6) is 0 Å². The Morgan fingerprint density at radius 1 is 0.971 bits per heavy atom. The summed E-state index contributed by atoms with van der Waals surface area (Å²) in [4.78, 5) is 29.8. The zero-order valence-electron chi connectivity index (χ0n) is 18.1. The number of aromatic nitrogens is 1. The summed E-state index contributed by atoms with van der Waals surface area (Å²) in [5.74, 6) is -2.91. The molecule has 34 heavy (non-hydrogen) atoms. The van der Waals surface area contributed by atoms with Crippen LogP contribution >= 0.6 is 0 Å². The third-order valence-electron chi connectivity index (χ3n) is 6.14. The van der Waals surface area contributed by atoms with Gasteiger partial charge >= 0.3 is 0 Å². The number of aromatic amines is 1. The zero-order chi connectivity index (χ0) is 24.0. The smallest absolute Gasteiger partial charge is 0.256 e. The number of nitrogens with one attached hydrogen (secondary N) is 1. The van der Waals surface area contributed by atoms with E-state index in [0.717, 1.165) is 12.1 Å². The molecule has 0 aliphatic carbocycles. The lowest BCUT2D eigenvalue weighted by Crippen LogP contribution is -2.37. The molecule has 0 radical (unpaired) electrons. The molecule has 2 heterocycles. The third kappa shape index (κ3) is 3.66. The van der Waals surface area contributed by atoms with E-state index in [-0.39, 0.29) is 35.7 Å². The van der Waals surface area contributed by atoms with Crippen molar-refractivity contribution in [3.05, 3.63) is 105 Å². The fourth-order valence-corrected chi connectivity index (χ4v) is 4.38. The number of fused-ring (bicyclic) bond motifs is 3. The van der Waals surface area contributed by atoms with Crippen molar-refractivity contribution >= 4 is 16.7 Å². The average molecular weight is 464 g/mol. The number of likely N-dealkylation sites (N-methyl/N-ethyl adjacent to an activating group) is 1. The van der Waals surface area contributed by atoms with E-state index in [1.165, 1.54) is 11.0 Å². The van der Waals surface area contributed by atoms with Gasteiger partial charge in [0.05, 0.1) is 24.6 Å². The molecule has 1 aliphatic heterocycles. The largest absolute Gasteiger partial charge is 0.373 e. The lowest BCUT2D eigenvalue weighted by molar-refractivity contribution is 0.0335. The second-order valence-corrected chi connectivity index (χ2v) is 8.16. The maximum atomic E-state index is 14.1. The normalized spacial score (nSPS) is 15.2. The molecule has 1 amide bonds. The quantitative estimate of drug-likeness (QED) is 0.467. The fraction of sp³-hybridized carbons (Fsp3) is 0.154. The second-order valence-electron chi connectivity index (χ2n) is 8.16. The number of carbonyl (C=O) groups is 1. The first-order chi connectivity index (χ1) is 16.3. The van der Waals surface area contributed by atoms with Gasteiger partial charge in [-0.1, -0.05) is 30.3 Å². The monoisotopic (exact) mass is 464 g/mol. The van der Waals surface area contributed by atoms with E-state index in [1.807, 2.05) is 0 Å². The molecule has 0 saturated heterocycles. The Morgan fingerprint density at radius 2 is 1.65 bits per heavy atom. The fourth-order valence-electron chi connectivity index (χ4n) is 4.38. The minimum Gasteiger partial charge on any atom is -0.373 e. The number of carbonyl (C=O) groups excluding carboxylic acids is 1. The number of hydrogen-bond acceptors (Lipinski definition) is 3. The number of nitrogens with zero attached hydrogens (tertiary/aromatic N) is 1. The van der Waals surface area contributed by atoms with Gasteiger partial charge in [-0.15, -0.1) is 0 Å². The molecule has 172 valence electrons. The van der Waals surface area contributed by atoms with Crippen molar-refractivity contribution in [1.29, 1.82) is 0 Å². The second kappa shape index (κ2) is 8.46. The van der Waals surface area contributed by atoms with Gasteiger partial charge in [0.1, 0.15) is 5.82 Å². The molecule has 0 fully saturated rings. The maximum Gasteiger partial charge on any atom is 0.256 e. The SMILES string of the molecule is CN(C(=O)c1ccc(-c2ccccc2F)cc1)[C@H]1COCc2[nH]c(=O)c3cc(F)c(F)cc3c21. The summed E-state index contributed by atoms with van der Waals surface area (Å²) in [5.41, 5.74) is 1.78. The van der Waals surface area contributed by atoms with Gasteiger partial charge in [0.15, 0.2) is 11.6 Å². The first-order valence-electron chi connectivity index (χ1n) is 10.6. The molecule has 0 spiro atoms. The van der Waals surface area contributed by atoms with Crippen molar-refractivity contribution in [2.45, 2.75) is 12.6 Å². The molecule has 5 rings (SSSR count). The van der Waals surface area contributed by atoms with Gasteiger partial charge in [-0.05, 0) is 41.3 Å². The number of benzene rings is 3. The van der Waals surface area contributed by atoms with Crippen LogP contribution in [0.15, 0.2) is 65.5 Å². The van der Waals surface area contributed by atoms with Crippen molar-refractivity contribution in [3.8, 4) is 11.1 Å². The van der Waals surface area contributed by atoms with Gasteiger partial charge in [0.25, 0.3) is 11.5 Å². The first kappa shape index (κ1) is 21.9. The van der Waals surface area contributed by atoms with Gasteiger partial charge in [0.2, 0.25) is 0 Å². The average Bonchev–Trinajstić information content (AvgIpc) is 2.84. The molecule has 1 atom stereocenters. The Kier molecular flexibility index (Phi) is 5.45. The van der Waals surface area contributed by atoms with Crippen LogP contribution in [-0.4, -0.2) is 29.4 Å². The lowest BCUT2D eigenvalue weighted by atomic mass is 9.95. The van der Waals surface area contributed by atoms with E-state index in [0.29, 0.717) is 27.9 Å². The van der Waals surface area contributed by atoms with Crippen LogP contribution in [-0.2, 0) is 11.3 Å².